The number of methoxy groups -OCH3 is 1. The quantitative estimate of drug-likeness (QED) is 0.335. The van der Waals surface area contributed by atoms with Gasteiger partial charge in [0.2, 0.25) is 0 Å². The number of aliphatic hydroxyl groups is 1. The summed E-state index contributed by atoms with van der Waals surface area (Å²) in [5.74, 6) is -0.704. The largest absolute Gasteiger partial charge is 0.485 e. The molecule has 10 heavy (non-hydrogen) atoms. The molecule has 0 atom stereocenters. The van der Waals surface area contributed by atoms with E-state index < -0.39 is 5.97 Å². The van der Waals surface area contributed by atoms with Crippen LogP contribution in [-0.2, 0) is 14.3 Å². The Morgan fingerprint density at radius 1 is 1.70 bits per heavy atom. The molecule has 4 nitrogen and oxygen atoms in total. The van der Waals surface area contributed by atoms with E-state index in [-0.39, 0.29) is 19.0 Å². The molecule has 0 fully saturated rings. The van der Waals surface area contributed by atoms with Gasteiger partial charge in [-0.15, -0.1) is 0 Å². The lowest BCUT2D eigenvalue weighted by molar-refractivity contribution is -0.140. The van der Waals surface area contributed by atoms with Crippen LogP contribution in [0.2, 0.25) is 0 Å². The van der Waals surface area contributed by atoms with Gasteiger partial charge in [0, 0.05) is 0 Å². The van der Waals surface area contributed by atoms with E-state index in [2.05, 4.69) is 16.1 Å². The van der Waals surface area contributed by atoms with E-state index in [1.54, 1.807) is 0 Å². The molecule has 0 amide bonds. The molecule has 0 aromatic carbocycles. The lowest BCUT2D eigenvalue weighted by Gasteiger charge is -2.03. The predicted molar refractivity (Wildman–Crippen MR) is 34.2 cm³/mol. The van der Waals surface area contributed by atoms with Crippen molar-refractivity contribution in [2.75, 3.05) is 20.3 Å². The fraction of sp³-hybridized carbons (Fsp3) is 0.500. The predicted octanol–water partition coefficient (Wildman–Crippen LogP) is -0.318. The Bertz CT molecular complexity index is 130. The second-order valence-electron chi connectivity index (χ2n) is 1.49. The van der Waals surface area contributed by atoms with E-state index in [0.717, 1.165) is 0 Å². The van der Waals surface area contributed by atoms with Crippen LogP contribution in [0.15, 0.2) is 12.3 Å². The highest BCUT2D eigenvalue weighted by molar-refractivity contribution is 5.85. The lowest BCUT2D eigenvalue weighted by atomic mass is 10.6. The Morgan fingerprint density at radius 2 is 2.30 bits per heavy atom. The molecule has 0 aliphatic heterocycles. The van der Waals surface area contributed by atoms with Crippen LogP contribution >= 0.6 is 0 Å². The molecule has 0 aromatic heterocycles. The Labute approximate surface area is 59.1 Å². The summed E-state index contributed by atoms with van der Waals surface area (Å²) in [6.45, 7) is 3.18. The zero-order valence-corrected chi connectivity index (χ0v) is 5.79. The van der Waals surface area contributed by atoms with Crippen molar-refractivity contribution in [1.82, 2.24) is 0 Å². The average molecular weight is 146 g/mol. The fourth-order valence-corrected chi connectivity index (χ4v) is 0.342. The molecular weight excluding hydrogens is 136 g/mol. The highest BCUT2D eigenvalue weighted by Gasteiger charge is 2.05. The first-order valence-corrected chi connectivity index (χ1v) is 2.73. The monoisotopic (exact) mass is 146 g/mol. The summed E-state index contributed by atoms with van der Waals surface area (Å²) >= 11 is 0. The summed E-state index contributed by atoms with van der Waals surface area (Å²) in [4.78, 5) is 10.5. The standard InChI is InChI=1S/C6H10O4/c1-5(6(8)9-2)10-4-3-7/h7H,1,3-4H2,2H3. The molecule has 0 spiro atoms. The van der Waals surface area contributed by atoms with E-state index >= 15 is 0 Å². The van der Waals surface area contributed by atoms with E-state index in [1.165, 1.54) is 7.11 Å². The minimum Gasteiger partial charge on any atom is -0.485 e. The Kier molecular flexibility index (Phi) is 4.32. The van der Waals surface area contributed by atoms with Crippen molar-refractivity contribution in [2.24, 2.45) is 0 Å². The van der Waals surface area contributed by atoms with Gasteiger partial charge < -0.3 is 14.6 Å². The zero-order chi connectivity index (χ0) is 7.98. The number of carbonyl (C=O) groups excluding carboxylic acids is 1. The molecule has 0 saturated carbocycles. The summed E-state index contributed by atoms with van der Waals surface area (Å²) in [5.41, 5.74) is 0. The number of aliphatic hydroxyl groups excluding tert-OH is 1. The maximum atomic E-state index is 10.5. The molecule has 0 aromatic rings. The summed E-state index contributed by atoms with van der Waals surface area (Å²) in [5, 5.41) is 8.25. The summed E-state index contributed by atoms with van der Waals surface area (Å²) in [6.07, 6.45) is 0. The van der Waals surface area contributed by atoms with E-state index in [0.29, 0.717) is 0 Å². The summed E-state index contributed by atoms with van der Waals surface area (Å²) in [7, 11) is 1.23. The molecule has 0 radical (unpaired) electrons. The second-order valence-corrected chi connectivity index (χ2v) is 1.49. The van der Waals surface area contributed by atoms with Crippen molar-refractivity contribution in [2.45, 2.75) is 0 Å². The molecule has 0 aliphatic rings. The van der Waals surface area contributed by atoms with E-state index in [1.807, 2.05) is 0 Å². The summed E-state index contributed by atoms with van der Waals surface area (Å²) in [6, 6.07) is 0. The highest BCUT2D eigenvalue weighted by Crippen LogP contribution is 1.94. The van der Waals surface area contributed by atoms with Crippen LogP contribution < -0.4 is 0 Å². The SMILES string of the molecule is C=C(OCCO)C(=O)OC. The van der Waals surface area contributed by atoms with Gasteiger partial charge in [0.1, 0.15) is 6.61 Å². The van der Waals surface area contributed by atoms with Crippen molar-refractivity contribution in [3.05, 3.63) is 12.3 Å². The normalized spacial score (nSPS) is 8.60. The minimum atomic E-state index is -0.617. The molecule has 0 bridgehead atoms. The maximum Gasteiger partial charge on any atom is 0.372 e. The topological polar surface area (TPSA) is 55.8 Å². The Balaban J connectivity index is 3.52. The fourth-order valence-electron chi connectivity index (χ4n) is 0.342. The molecule has 0 heterocycles. The average Bonchev–Trinajstić information content (AvgIpc) is 1.98. The molecule has 58 valence electrons. The van der Waals surface area contributed by atoms with Crippen LogP contribution in [0.25, 0.3) is 0 Å². The van der Waals surface area contributed by atoms with Gasteiger partial charge in [0.05, 0.1) is 13.7 Å². The van der Waals surface area contributed by atoms with Crippen LogP contribution in [-0.4, -0.2) is 31.4 Å². The van der Waals surface area contributed by atoms with Gasteiger partial charge in [0.25, 0.3) is 0 Å². The number of esters is 1. The Hall–Kier alpha value is -1.03. The van der Waals surface area contributed by atoms with Crippen LogP contribution in [0.4, 0.5) is 0 Å². The molecule has 0 saturated heterocycles. The number of ether oxygens (including phenoxy) is 2. The van der Waals surface area contributed by atoms with Crippen LogP contribution in [0.3, 0.4) is 0 Å². The third-order valence-corrected chi connectivity index (χ3v) is 0.781. The van der Waals surface area contributed by atoms with Gasteiger partial charge in [0.15, 0.2) is 5.76 Å². The van der Waals surface area contributed by atoms with Gasteiger partial charge in [-0.1, -0.05) is 0 Å². The smallest absolute Gasteiger partial charge is 0.372 e. The number of hydrogen-bond donors (Lipinski definition) is 1. The maximum absolute atomic E-state index is 10.5. The van der Waals surface area contributed by atoms with Gasteiger partial charge in [-0.05, 0) is 6.58 Å². The van der Waals surface area contributed by atoms with Crippen molar-refractivity contribution in [1.29, 1.82) is 0 Å². The molecule has 4 heteroatoms. The van der Waals surface area contributed by atoms with E-state index in [9.17, 15) is 4.79 Å². The Morgan fingerprint density at radius 3 is 2.70 bits per heavy atom. The van der Waals surface area contributed by atoms with Crippen molar-refractivity contribution < 1.29 is 19.4 Å². The van der Waals surface area contributed by atoms with Gasteiger partial charge in [-0.3, -0.25) is 0 Å². The molecule has 0 aliphatic carbocycles. The van der Waals surface area contributed by atoms with Crippen LogP contribution in [0.1, 0.15) is 0 Å². The molecule has 0 rings (SSSR count). The van der Waals surface area contributed by atoms with Crippen molar-refractivity contribution >= 4 is 5.97 Å². The summed E-state index contributed by atoms with van der Waals surface area (Å²) < 4.78 is 8.89. The van der Waals surface area contributed by atoms with Gasteiger partial charge in [-0.25, -0.2) is 4.79 Å². The lowest BCUT2D eigenvalue weighted by Crippen LogP contribution is -2.09. The van der Waals surface area contributed by atoms with Crippen LogP contribution in [0, 0.1) is 0 Å². The van der Waals surface area contributed by atoms with Gasteiger partial charge in [-0.2, -0.15) is 0 Å². The van der Waals surface area contributed by atoms with Gasteiger partial charge >= 0.3 is 5.97 Å². The first kappa shape index (κ1) is 8.97. The van der Waals surface area contributed by atoms with Crippen LogP contribution in [0.5, 0.6) is 0 Å². The number of rotatable bonds is 4. The number of carbonyl (C=O) groups is 1. The minimum absolute atomic E-state index is 0.0634. The first-order chi connectivity index (χ1) is 4.72. The molecule has 1 N–H and O–H groups in total. The van der Waals surface area contributed by atoms with Crippen molar-refractivity contribution in [3.8, 4) is 0 Å². The second kappa shape index (κ2) is 4.81. The van der Waals surface area contributed by atoms with E-state index in [4.69, 9.17) is 5.11 Å². The number of hydrogen-bond acceptors (Lipinski definition) is 4. The van der Waals surface area contributed by atoms with Crippen molar-refractivity contribution in [3.63, 3.8) is 0 Å². The highest BCUT2D eigenvalue weighted by atomic mass is 16.6. The molecule has 0 unspecified atom stereocenters. The molecular formula is C6H10O4. The first-order valence-electron chi connectivity index (χ1n) is 2.73. The zero-order valence-electron chi connectivity index (χ0n) is 5.79. The third kappa shape index (κ3) is 3.09. The third-order valence-electron chi connectivity index (χ3n) is 0.781.